The van der Waals surface area contributed by atoms with Crippen molar-refractivity contribution in [2.24, 2.45) is 5.73 Å². The minimum atomic E-state index is -1.03. The van der Waals surface area contributed by atoms with E-state index in [1.807, 2.05) is 41.4 Å². The molecule has 0 spiro atoms. The molecule has 4 aromatic heterocycles. The number of carbonyl (C=O) groups excluding carboxylic acids is 4. The molecule has 0 saturated carbocycles. The molecule has 1 aromatic carbocycles. The molecule has 2 fully saturated rings. The van der Waals surface area contributed by atoms with Crippen LogP contribution in [0.5, 0.6) is 0 Å². The van der Waals surface area contributed by atoms with E-state index in [1.165, 1.54) is 12.1 Å². The van der Waals surface area contributed by atoms with Crippen LogP contribution in [0.25, 0.3) is 11.0 Å². The number of benzene rings is 1. The van der Waals surface area contributed by atoms with Crippen LogP contribution >= 0.6 is 23.2 Å². The van der Waals surface area contributed by atoms with Crippen molar-refractivity contribution < 1.29 is 23.9 Å². The lowest BCUT2D eigenvalue weighted by Crippen LogP contribution is -2.60. The number of piperidine rings is 1. The molecule has 0 unspecified atom stereocenters. The Morgan fingerprint density at radius 2 is 1.72 bits per heavy atom. The number of nitrogens with one attached hydrogen (secondary N) is 5. The van der Waals surface area contributed by atoms with E-state index in [1.54, 1.807) is 23.4 Å². The fourth-order valence-electron chi connectivity index (χ4n) is 7.65. The number of pyridine rings is 1. The number of anilines is 2. The maximum Gasteiger partial charge on any atom is 0.270 e. The van der Waals surface area contributed by atoms with Gasteiger partial charge in [-0.3, -0.25) is 28.8 Å². The fraction of sp³-hybridized carbons (Fsp3) is 0.452. The molecular weight excluding hydrogens is 865 g/mol. The number of hydrogen-bond donors (Lipinski definition) is 6. The summed E-state index contributed by atoms with van der Waals surface area (Å²) in [6.45, 7) is 6.18. The lowest BCUT2D eigenvalue weighted by Gasteiger charge is -2.39. The average Bonchev–Trinajstić information content (AvgIpc) is 4.02. The highest BCUT2D eigenvalue weighted by Crippen LogP contribution is 2.29. The van der Waals surface area contributed by atoms with Crippen molar-refractivity contribution in [2.45, 2.75) is 43.8 Å². The van der Waals surface area contributed by atoms with E-state index in [2.05, 4.69) is 61.3 Å². The molecule has 22 heteroatoms. The number of fused-ring (bicyclic) bond motifs is 1. The maximum atomic E-state index is 13.9. The van der Waals surface area contributed by atoms with E-state index in [0.717, 1.165) is 22.4 Å². The van der Waals surface area contributed by atoms with Crippen LogP contribution in [0.15, 0.2) is 67.4 Å². The van der Waals surface area contributed by atoms with Gasteiger partial charge in [0, 0.05) is 76.3 Å². The molecule has 2 saturated heterocycles. The molecule has 2 aliphatic heterocycles. The third-order valence-electron chi connectivity index (χ3n) is 11.4. The Bertz CT molecular complexity index is 2330. The van der Waals surface area contributed by atoms with Gasteiger partial charge in [-0.25, -0.2) is 15.0 Å². The van der Waals surface area contributed by atoms with Crippen LogP contribution in [0.4, 0.5) is 11.5 Å². The molecule has 1 atom stereocenters. The van der Waals surface area contributed by atoms with Crippen LogP contribution in [-0.4, -0.2) is 153 Å². The highest BCUT2D eigenvalue weighted by atomic mass is 35.5. The first kappa shape index (κ1) is 46.2. The lowest BCUT2D eigenvalue weighted by atomic mass is 9.87. The van der Waals surface area contributed by atoms with Crippen LogP contribution in [-0.2, 0) is 25.7 Å². The zero-order valence-corrected chi connectivity index (χ0v) is 36.9. The summed E-state index contributed by atoms with van der Waals surface area (Å²) in [7, 11) is 0. The van der Waals surface area contributed by atoms with E-state index in [-0.39, 0.29) is 73.0 Å². The monoisotopic (exact) mass is 917 g/mol. The van der Waals surface area contributed by atoms with Crippen LogP contribution in [0.2, 0.25) is 10.2 Å². The summed E-state index contributed by atoms with van der Waals surface area (Å²) >= 11 is 12.5. The van der Waals surface area contributed by atoms with Gasteiger partial charge in [-0.1, -0.05) is 40.5 Å². The van der Waals surface area contributed by atoms with Gasteiger partial charge in [-0.15, -0.1) is 5.10 Å². The Morgan fingerprint density at radius 1 is 0.922 bits per heavy atom. The van der Waals surface area contributed by atoms with Gasteiger partial charge < -0.3 is 46.5 Å². The molecular formula is C42H53Cl2N15O5. The first-order valence-corrected chi connectivity index (χ1v) is 22.1. The number of hydrogen-bond acceptors (Lipinski definition) is 14. The molecule has 340 valence electrons. The minimum Gasteiger partial charge on any atom is -0.379 e. The number of halogens is 2. The van der Waals surface area contributed by atoms with Crippen molar-refractivity contribution in [3.8, 4) is 0 Å². The third kappa shape index (κ3) is 12.5. The predicted molar refractivity (Wildman–Crippen MR) is 241 cm³/mol. The standard InChI is InChI=1S/C42H53Cl2N15O5/c43-30-3-1-29(2-4-30)32(54-41(63)42(45)10-17-58(18-11-42)39-31-7-12-47-38(31)49-28-50-39)8-16-56-21-23-57(24-22-56)36(61)9-25-64-26-15-48-40(62)34-6-5-33(37(44)53-34)52-35(60)27-46-13-19-59-20-14-51-55-59/h1-7,12,14,20,28,32,46H,8-11,13,15-19,21-27,45H2,(H,48,62)(H,52,60)(H,54,63)(H,47,49,50)/t32-/m0/s1. The molecule has 0 aliphatic carbocycles. The van der Waals surface area contributed by atoms with E-state index in [9.17, 15) is 19.2 Å². The number of amides is 4. The molecule has 0 radical (unpaired) electrons. The highest BCUT2D eigenvalue weighted by Gasteiger charge is 2.39. The van der Waals surface area contributed by atoms with Crippen LogP contribution in [0, 0.1) is 0 Å². The van der Waals surface area contributed by atoms with Crippen LogP contribution in [0.3, 0.4) is 0 Å². The first-order valence-electron chi connectivity index (χ1n) is 21.3. The number of H-pyrrole nitrogens is 1. The molecule has 7 rings (SSSR count). The zero-order chi connectivity index (χ0) is 44.9. The summed E-state index contributed by atoms with van der Waals surface area (Å²) < 4.78 is 7.29. The molecule has 5 aromatic rings. The van der Waals surface area contributed by atoms with Crippen molar-refractivity contribution in [1.29, 1.82) is 0 Å². The second-order valence-electron chi connectivity index (χ2n) is 15.7. The molecule has 0 bridgehead atoms. The SMILES string of the molecule is NC1(C(=O)N[C@@H](CCN2CCN(C(=O)CCOCCNC(=O)c3ccc(NC(=O)CNCCn4ccnn4)c(Cl)n3)CC2)c2ccc(Cl)cc2)CCN(c2ncnc3[nH]ccc23)CC1. The Balaban J connectivity index is 0.778. The molecule has 4 amide bonds. The summed E-state index contributed by atoms with van der Waals surface area (Å²) in [5.74, 6) is -0.118. The van der Waals surface area contributed by atoms with Gasteiger partial charge >= 0.3 is 0 Å². The normalized spacial score (nSPS) is 15.8. The van der Waals surface area contributed by atoms with Gasteiger partial charge in [0.05, 0.1) is 61.6 Å². The van der Waals surface area contributed by atoms with Gasteiger partial charge in [-0.05, 0) is 55.2 Å². The highest BCUT2D eigenvalue weighted by molar-refractivity contribution is 6.32. The van der Waals surface area contributed by atoms with Crippen molar-refractivity contribution in [3.05, 3.63) is 88.8 Å². The first-order chi connectivity index (χ1) is 31.0. The molecule has 7 N–H and O–H groups in total. The van der Waals surface area contributed by atoms with E-state index in [4.69, 9.17) is 33.7 Å². The maximum absolute atomic E-state index is 13.9. The summed E-state index contributed by atoms with van der Waals surface area (Å²) in [5, 5.41) is 20.8. The van der Waals surface area contributed by atoms with E-state index >= 15 is 0 Å². The van der Waals surface area contributed by atoms with Crippen molar-refractivity contribution in [2.75, 3.05) is 88.9 Å². The van der Waals surface area contributed by atoms with E-state index < -0.39 is 11.4 Å². The van der Waals surface area contributed by atoms with Gasteiger partial charge in [-0.2, -0.15) is 0 Å². The summed E-state index contributed by atoms with van der Waals surface area (Å²) in [4.78, 5) is 74.2. The largest absolute Gasteiger partial charge is 0.379 e. The van der Waals surface area contributed by atoms with Crippen LogP contribution < -0.4 is 31.9 Å². The molecule has 6 heterocycles. The van der Waals surface area contributed by atoms with Gasteiger partial charge in [0.15, 0.2) is 5.15 Å². The molecule has 64 heavy (non-hydrogen) atoms. The summed E-state index contributed by atoms with van der Waals surface area (Å²) in [6, 6.07) is 12.2. The van der Waals surface area contributed by atoms with Crippen molar-refractivity contribution in [3.63, 3.8) is 0 Å². The van der Waals surface area contributed by atoms with Crippen LogP contribution in [0.1, 0.15) is 47.8 Å². The zero-order valence-electron chi connectivity index (χ0n) is 35.3. The average molecular weight is 919 g/mol. The number of carbonyl (C=O) groups is 4. The Hall–Kier alpha value is -5.77. The lowest BCUT2D eigenvalue weighted by molar-refractivity contribution is -0.134. The summed E-state index contributed by atoms with van der Waals surface area (Å²) in [5.41, 5.74) is 7.86. The smallest absolute Gasteiger partial charge is 0.270 e. The van der Waals surface area contributed by atoms with Gasteiger partial charge in [0.1, 0.15) is 23.5 Å². The second-order valence-corrected chi connectivity index (χ2v) is 16.5. The minimum absolute atomic E-state index is 0.0000894. The Labute approximate surface area is 380 Å². The number of aromatic nitrogens is 7. The van der Waals surface area contributed by atoms with E-state index in [0.29, 0.717) is 83.2 Å². The Kier molecular flexibility index (Phi) is 16.1. The predicted octanol–water partition coefficient (Wildman–Crippen LogP) is 2.01. The van der Waals surface area contributed by atoms with Gasteiger partial charge in [0.25, 0.3) is 5.91 Å². The third-order valence-corrected chi connectivity index (χ3v) is 11.9. The van der Waals surface area contributed by atoms with Crippen molar-refractivity contribution in [1.82, 2.24) is 60.7 Å². The van der Waals surface area contributed by atoms with Crippen molar-refractivity contribution >= 4 is 69.4 Å². The second kappa shape index (κ2) is 22.2. The topological polar surface area (TPSA) is 247 Å². The molecule has 20 nitrogen and oxygen atoms in total. The molecule has 2 aliphatic rings. The number of aromatic amines is 1. The number of nitrogens with two attached hydrogens (primary N) is 1. The number of piperazine rings is 1. The number of nitrogens with zero attached hydrogens (tertiary/aromatic N) is 9. The fourth-order valence-corrected chi connectivity index (χ4v) is 7.98. The quantitative estimate of drug-likeness (QED) is 0.0484. The summed E-state index contributed by atoms with van der Waals surface area (Å²) in [6.07, 6.45) is 8.50. The van der Waals surface area contributed by atoms with Gasteiger partial charge in [0.2, 0.25) is 17.7 Å². The number of rotatable bonds is 20. The Morgan fingerprint density at radius 3 is 2.47 bits per heavy atom. The number of ether oxygens (including phenoxy) is 1.